The quantitative estimate of drug-likeness (QED) is 0.556. The van der Waals surface area contributed by atoms with E-state index in [1.54, 1.807) is 0 Å². The van der Waals surface area contributed by atoms with Crippen molar-refractivity contribution in [2.45, 2.75) is 4.90 Å². The number of rotatable bonds is 5. The summed E-state index contributed by atoms with van der Waals surface area (Å²) in [7, 11) is 0. The summed E-state index contributed by atoms with van der Waals surface area (Å²) >= 11 is 7.88. The van der Waals surface area contributed by atoms with Crippen molar-refractivity contribution < 1.29 is 0 Å². The first kappa shape index (κ1) is 14.2. The lowest BCUT2D eigenvalue weighted by Crippen LogP contribution is -2.07. The van der Waals surface area contributed by atoms with Gasteiger partial charge in [-0.25, -0.2) is 0 Å². The normalized spacial score (nSPS) is 10.7. The maximum absolute atomic E-state index is 6.06. The molecule has 1 aromatic heterocycles. The fraction of sp³-hybridized carbons (Fsp3) is 0.125. The van der Waals surface area contributed by atoms with Crippen molar-refractivity contribution in [3.05, 3.63) is 59.8 Å². The molecule has 0 radical (unpaired) electrons. The highest BCUT2D eigenvalue weighted by Gasteiger charge is 2.06. The van der Waals surface area contributed by atoms with Crippen LogP contribution in [0.3, 0.4) is 0 Å². The average Bonchev–Trinajstić information content (AvgIpc) is 2.55. The van der Waals surface area contributed by atoms with Crippen LogP contribution in [0.1, 0.15) is 0 Å². The second-order valence-electron chi connectivity index (χ2n) is 4.47. The lowest BCUT2D eigenvalue weighted by molar-refractivity contribution is 1.03. The molecule has 0 saturated heterocycles. The fourth-order valence-corrected chi connectivity index (χ4v) is 3.05. The zero-order valence-electron chi connectivity index (χ0n) is 11.3. The molecular formula is C16H14ClN3S. The van der Waals surface area contributed by atoms with Gasteiger partial charge < -0.3 is 5.32 Å². The summed E-state index contributed by atoms with van der Waals surface area (Å²) in [5, 5.41) is 13.8. The van der Waals surface area contributed by atoms with Gasteiger partial charge in [0.15, 0.2) is 11.0 Å². The fourth-order valence-electron chi connectivity index (χ4n) is 2.06. The van der Waals surface area contributed by atoms with Crippen LogP contribution in [-0.2, 0) is 0 Å². The molecule has 0 fully saturated rings. The second kappa shape index (κ2) is 6.78. The standard InChI is InChI=1S/C16H14ClN3S/c17-15-13-8-4-5-9-14(13)16(20-19-15)18-10-11-21-12-6-2-1-3-7-12/h1-9H,10-11H2,(H,18,20). The number of nitrogens with one attached hydrogen (secondary N) is 1. The van der Waals surface area contributed by atoms with Gasteiger partial charge in [0.05, 0.1) is 0 Å². The number of halogens is 1. The Hall–Kier alpha value is -1.78. The van der Waals surface area contributed by atoms with Crippen LogP contribution >= 0.6 is 23.4 Å². The van der Waals surface area contributed by atoms with Crippen molar-refractivity contribution in [2.75, 3.05) is 17.6 Å². The number of nitrogens with zero attached hydrogens (tertiary/aromatic N) is 2. The largest absolute Gasteiger partial charge is 0.367 e. The Balaban J connectivity index is 1.65. The SMILES string of the molecule is Clc1nnc(NCCSc2ccccc2)c2ccccc12. The van der Waals surface area contributed by atoms with E-state index in [0.29, 0.717) is 5.15 Å². The predicted molar refractivity (Wildman–Crippen MR) is 90.2 cm³/mol. The zero-order valence-corrected chi connectivity index (χ0v) is 12.9. The van der Waals surface area contributed by atoms with E-state index in [-0.39, 0.29) is 0 Å². The minimum atomic E-state index is 0.440. The van der Waals surface area contributed by atoms with Gasteiger partial charge in [0.1, 0.15) is 0 Å². The van der Waals surface area contributed by atoms with Gasteiger partial charge in [-0.15, -0.1) is 22.0 Å². The van der Waals surface area contributed by atoms with Crippen molar-refractivity contribution in [2.24, 2.45) is 0 Å². The van der Waals surface area contributed by atoms with Crippen LogP contribution < -0.4 is 5.32 Å². The molecule has 3 aromatic rings. The average molecular weight is 316 g/mol. The van der Waals surface area contributed by atoms with Gasteiger partial charge in [-0.2, -0.15) is 0 Å². The molecule has 1 heterocycles. The van der Waals surface area contributed by atoms with Crippen LogP contribution in [0.15, 0.2) is 59.5 Å². The Morgan fingerprint density at radius 1 is 0.905 bits per heavy atom. The smallest absolute Gasteiger partial charge is 0.159 e. The Kier molecular flexibility index (Phi) is 4.58. The second-order valence-corrected chi connectivity index (χ2v) is 6.00. The topological polar surface area (TPSA) is 37.8 Å². The van der Waals surface area contributed by atoms with E-state index in [0.717, 1.165) is 28.9 Å². The molecule has 0 aliphatic heterocycles. The molecule has 0 aliphatic rings. The van der Waals surface area contributed by atoms with E-state index < -0.39 is 0 Å². The number of aromatic nitrogens is 2. The molecule has 5 heteroatoms. The Bertz CT molecular complexity index is 734. The van der Waals surface area contributed by atoms with Crippen molar-refractivity contribution >= 4 is 40.0 Å². The van der Waals surface area contributed by atoms with Gasteiger partial charge in [0.25, 0.3) is 0 Å². The highest BCUT2D eigenvalue weighted by molar-refractivity contribution is 7.99. The summed E-state index contributed by atoms with van der Waals surface area (Å²) in [5.41, 5.74) is 0. The molecule has 1 N–H and O–H groups in total. The number of anilines is 1. The van der Waals surface area contributed by atoms with Gasteiger partial charge in [0, 0.05) is 28.0 Å². The van der Waals surface area contributed by atoms with Gasteiger partial charge in [-0.3, -0.25) is 0 Å². The Morgan fingerprint density at radius 3 is 2.43 bits per heavy atom. The molecule has 2 aromatic carbocycles. The van der Waals surface area contributed by atoms with E-state index in [9.17, 15) is 0 Å². The third-order valence-electron chi connectivity index (χ3n) is 3.05. The van der Waals surface area contributed by atoms with Crippen molar-refractivity contribution in [3.8, 4) is 0 Å². The summed E-state index contributed by atoms with van der Waals surface area (Å²) in [6.07, 6.45) is 0. The first-order valence-corrected chi connectivity index (χ1v) is 8.03. The molecule has 21 heavy (non-hydrogen) atoms. The van der Waals surface area contributed by atoms with E-state index in [2.05, 4.69) is 27.6 Å². The monoisotopic (exact) mass is 315 g/mol. The predicted octanol–water partition coefficient (Wildman–Crippen LogP) is 4.49. The highest BCUT2D eigenvalue weighted by Crippen LogP contribution is 2.25. The third kappa shape index (κ3) is 3.46. The third-order valence-corrected chi connectivity index (χ3v) is 4.34. The maximum atomic E-state index is 6.06. The molecule has 0 saturated carbocycles. The molecule has 3 nitrogen and oxygen atoms in total. The number of thioether (sulfide) groups is 1. The minimum absolute atomic E-state index is 0.440. The van der Waals surface area contributed by atoms with Crippen LogP contribution in [-0.4, -0.2) is 22.5 Å². The molecule has 0 spiro atoms. The van der Waals surface area contributed by atoms with Crippen molar-refractivity contribution in [3.63, 3.8) is 0 Å². The van der Waals surface area contributed by atoms with Crippen LogP contribution in [0.4, 0.5) is 5.82 Å². The van der Waals surface area contributed by atoms with Crippen LogP contribution in [0.5, 0.6) is 0 Å². The van der Waals surface area contributed by atoms with Gasteiger partial charge in [-0.05, 0) is 12.1 Å². The molecule has 0 atom stereocenters. The van der Waals surface area contributed by atoms with E-state index in [1.807, 2.05) is 54.2 Å². The van der Waals surface area contributed by atoms with Gasteiger partial charge in [0.2, 0.25) is 0 Å². The molecule has 0 bridgehead atoms. The molecular weight excluding hydrogens is 302 g/mol. The van der Waals surface area contributed by atoms with Gasteiger partial charge in [-0.1, -0.05) is 54.1 Å². The van der Waals surface area contributed by atoms with Crippen LogP contribution in [0.2, 0.25) is 5.15 Å². The van der Waals surface area contributed by atoms with Crippen LogP contribution in [0, 0.1) is 0 Å². The first-order valence-electron chi connectivity index (χ1n) is 6.67. The minimum Gasteiger partial charge on any atom is -0.367 e. The number of hydrogen-bond acceptors (Lipinski definition) is 4. The number of benzene rings is 2. The molecule has 106 valence electrons. The number of hydrogen-bond donors (Lipinski definition) is 1. The lowest BCUT2D eigenvalue weighted by Gasteiger charge is -2.08. The zero-order chi connectivity index (χ0) is 14.5. The van der Waals surface area contributed by atoms with Crippen molar-refractivity contribution in [1.29, 1.82) is 0 Å². The highest BCUT2D eigenvalue weighted by atomic mass is 35.5. The van der Waals surface area contributed by atoms with Crippen molar-refractivity contribution in [1.82, 2.24) is 10.2 Å². The summed E-state index contributed by atoms with van der Waals surface area (Å²) in [5.74, 6) is 1.74. The summed E-state index contributed by atoms with van der Waals surface area (Å²) in [6, 6.07) is 18.2. The Morgan fingerprint density at radius 2 is 1.62 bits per heavy atom. The summed E-state index contributed by atoms with van der Waals surface area (Å²) in [4.78, 5) is 1.27. The number of fused-ring (bicyclic) bond motifs is 1. The van der Waals surface area contributed by atoms with Gasteiger partial charge >= 0.3 is 0 Å². The Labute approximate surface area is 132 Å². The molecule has 3 rings (SSSR count). The van der Waals surface area contributed by atoms with E-state index in [1.165, 1.54) is 4.90 Å². The van der Waals surface area contributed by atoms with E-state index in [4.69, 9.17) is 11.6 Å². The summed E-state index contributed by atoms with van der Waals surface area (Å²) in [6.45, 7) is 0.819. The maximum Gasteiger partial charge on any atom is 0.159 e. The molecule has 0 unspecified atom stereocenters. The molecule has 0 amide bonds. The first-order chi connectivity index (χ1) is 10.3. The van der Waals surface area contributed by atoms with E-state index >= 15 is 0 Å². The summed E-state index contributed by atoms with van der Waals surface area (Å²) < 4.78 is 0. The lowest BCUT2D eigenvalue weighted by atomic mass is 10.2. The molecule has 0 aliphatic carbocycles. The van der Waals surface area contributed by atoms with Crippen LogP contribution in [0.25, 0.3) is 10.8 Å².